The molecule has 140 valence electrons. The highest BCUT2D eigenvalue weighted by Crippen LogP contribution is 2.27. The summed E-state index contributed by atoms with van der Waals surface area (Å²) in [6.07, 6.45) is -0.307. The predicted octanol–water partition coefficient (Wildman–Crippen LogP) is 2.85. The van der Waals surface area contributed by atoms with Gasteiger partial charge in [0.1, 0.15) is 11.3 Å². The number of aryl methyl sites for hydroxylation is 2. The van der Waals surface area contributed by atoms with E-state index in [1.165, 1.54) is 4.68 Å². The van der Waals surface area contributed by atoms with Gasteiger partial charge in [-0.2, -0.15) is 5.10 Å². The third-order valence-corrected chi connectivity index (χ3v) is 5.14. The third-order valence-electron chi connectivity index (χ3n) is 4.04. The number of amides is 1. The molecular weight excluding hydrogens is 352 g/mol. The Bertz CT molecular complexity index is 875. The van der Waals surface area contributed by atoms with Gasteiger partial charge in [0.2, 0.25) is 0 Å². The molecule has 0 saturated carbocycles. The molecule has 3 heterocycles. The fraction of sp³-hybridized carbons (Fsp3) is 0.556. The molecule has 3 rings (SSSR count). The lowest BCUT2D eigenvalue weighted by Gasteiger charge is -2.39. The van der Waals surface area contributed by atoms with Crippen LogP contribution in [0.15, 0.2) is 16.9 Å². The molecule has 1 saturated heterocycles. The summed E-state index contributed by atoms with van der Waals surface area (Å²) >= 11 is 1.57. The van der Waals surface area contributed by atoms with Gasteiger partial charge in [-0.05, 0) is 40.7 Å². The van der Waals surface area contributed by atoms with Crippen LogP contribution in [-0.2, 0) is 11.3 Å². The van der Waals surface area contributed by atoms with Crippen LogP contribution in [0.2, 0.25) is 0 Å². The maximum Gasteiger partial charge on any atom is 0.410 e. The molecule has 26 heavy (non-hydrogen) atoms. The van der Waals surface area contributed by atoms with E-state index < -0.39 is 5.60 Å². The monoisotopic (exact) mass is 376 g/mol. The van der Waals surface area contributed by atoms with E-state index in [1.54, 1.807) is 28.4 Å². The van der Waals surface area contributed by atoms with Crippen molar-refractivity contribution in [1.82, 2.24) is 19.7 Å². The van der Waals surface area contributed by atoms with Crippen molar-refractivity contribution in [1.29, 1.82) is 0 Å². The predicted molar refractivity (Wildman–Crippen MR) is 100 cm³/mol. The number of carbonyl (C=O) groups excluding carboxylic acids is 1. The quantitative estimate of drug-likeness (QED) is 0.823. The van der Waals surface area contributed by atoms with Gasteiger partial charge in [0.05, 0.1) is 22.1 Å². The first-order valence-corrected chi connectivity index (χ1v) is 9.44. The number of carbonyl (C=O) groups is 1. The van der Waals surface area contributed by atoms with Crippen molar-refractivity contribution in [3.05, 3.63) is 33.2 Å². The Morgan fingerprint density at radius 2 is 2.00 bits per heavy atom. The number of ether oxygens (including phenoxy) is 1. The Hall–Kier alpha value is -2.22. The van der Waals surface area contributed by atoms with E-state index in [4.69, 9.17) is 4.74 Å². The van der Waals surface area contributed by atoms with Crippen molar-refractivity contribution in [3.63, 3.8) is 0 Å². The molecule has 0 atom stereocenters. The highest BCUT2D eigenvalue weighted by molar-refractivity contribution is 7.15. The van der Waals surface area contributed by atoms with Crippen LogP contribution in [0.5, 0.6) is 0 Å². The van der Waals surface area contributed by atoms with E-state index >= 15 is 0 Å². The van der Waals surface area contributed by atoms with Crippen LogP contribution in [0.4, 0.5) is 4.79 Å². The van der Waals surface area contributed by atoms with Gasteiger partial charge in [-0.3, -0.25) is 4.79 Å². The Kier molecular flexibility index (Phi) is 4.88. The van der Waals surface area contributed by atoms with E-state index in [-0.39, 0.29) is 17.6 Å². The molecule has 1 aliphatic rings. The van der Waals surface area contributed by atoms with Crippen molar-refractivity contribution in [2.45, 2.75) is 46.8 Å². The van der Waals surface area contributed by atoms with Crippen molar-refractivity contribution in [3.8, 4) is 10.6 Å². The molecule has 0 bridgehead atoms. The minimum Gasteiger partial charge on any atom is -0.444 e. The molecule has 0 N–H and O–H groups in total. The van der Waals surface area contributed by atoms with Gasteiger partial charge in [-0.1, -0.05) is 0 Å². The molecule has 7 nitrogen and oxygen atoms in total. The average Bonchev–Trinajstić information content (AvgIpc) is 2.81. The summed E-state index contributed by atoms with van der Waals surface area (Å²) in [5.74, 6) is 0.201. The molecule has 2 aromatic heterocycles. The summed E-state index contributed by atoms with van der Waals surface area (Å²) in [5, 5.41) is 5.48. The van der Waals surface area contributed by atoms with Crippen LogP contribution in [0.1, 0.15) is 31.5 Å². The number of nitrogens with zero attached hydrogens (tertiary/aromatic N) is 4. The summed E-state index contributed by atoms with van der Waals surface area (Å²) in [5.41, 5.74) is 1.05. The van der Waals surface area contributed by atoms with Gasteiger partial charge in [-0.25, -0.2) is 14.5 Å². The Balaban J connectivity index is 1.66. The standard InChI is InChI=1S/C18H24N4O3S/c1-11-16(26-12(2)19-11)14-6-7-15(23)22(20-14)10-13-8-21(9-13)17(24)25-18(3,4)5/h6-7,13H,8-10H2,1-5H3. The van der Waals surface area contributed by atoms with Gasteiger partial charge in [0.15, 0.2) is 0 Å². The van der Waals surface area contributed by atoms with Gasteiger partial charge in [-0.15, -0.1) is 11.3 Å². The van der Waals surface area contributed by atoms with Gasteiger partial charge >= 0.3 is 6.09 Å². The zero-order valence-corrected chi connectivity index (χ0v) is 16.6. The number of likely N-dealkylation sites (tertiary alicyclic amines) is 1. The summed E-state index contributed by atoms with van der Waals surface area (Å²) in [6, 6.07) is 3.29. The second-order valence-corrected chi connectivity index (χ2v) is 8.84. The molecule has 2 aromatic rings. The van der Waals surface area contributed by atoms with E-state index in [9.17, 15) is 9.59 Å². The second-order valence-electron chi connectivity index (χ2n) is 7.64. The largest absolute Gasteiger partial charge is 0.444 e. The van der Waals surface area contributed by atoms with Crippen molar-refractivity contribution >= 4 is 17.4 Å². The van der Waals surface area contributed by atoms with Crippen LogP contribution in [-0.4, -0.2) is 44.4 Å². The smallest absolute Gasteiger partial charge is 0.410 e. The minimum atomic E-state index is -0.500. The summed E-state index contributed by atoms with van der Waals surface area (Å²) in [4.78, 5) is 31.2. The van der Waals surface area contributed by atoms with Crippen molar-refractivity contribution in [2.75, 3.05) is 13.1 Å². The summed E-state index contributed by atoms with van der Waals surface area (Å²) < 4.78 is 6.84. The average molecular weight is 376 g/mol. The lowest BCUT2D eigenvalue weighted by atomic mass is 10.0. The van der Waals surface area contributed by atoms with Crippen LogP contribution < -0.4 is 5.56 Å². The first kappa shape index (κ1) is 18.6. The minimum absolute atomic E-state index is 0.136. The maximum absolute atomic E-state index is 12.2. The van der Waals surface area contributed by atoms with E-state index in [1.807, 2.05) is 34.6 Å². The Labute approximate surface area is 156 Å². The zero-order chi connectivity index (χ0) is 19.1. The molecule has 0 spiro atoms. The number of aromatic nitrogens is 3. The summed E-state index contributed by atoms with van der Waals surface area (Å²) in [7, 11) is 0. The number of hydrogen-bond acceptors (Lipinski definition) is 6. The normalized spacial score (nSPS) is 15.0. The third kappa shape index (κ3) is 4.12. The molecule has 1 fully saturated rings. The zero-order valence-electron chi connectivity index (χ0n) is 15.8. The topological polar surface area (TPSA) is 77.3 Å². The molecule has 0 radical (unpaired) electrons. The van der Waals surface area contributed by atoms with Crippen LogP contribution >= 0.6 is 11.3 Å². The van der Waals surface area contributed by atoms with E-state index in [2.05, 4.69) is 10.1 Å². The fourth-order valence-corrected chi connectivity index (χ4v) is 3.76. The van der Waals surface area contributed by atoms with Crippen molar-refractivity contribution in [2.24, 2.45) is 5.92 Å². The maximum atomic E-state index is 12.2. The van der Waals surface area contributed by atoms with Gasteiger partial charge in [0, 0.05) is 25.1 Å². The highest BCUT2D eigenvalue weighted by atomic mass is 32.1. The molecule has 0 unspecified atom stereocenters. The highest BCUT2D eigenvalue weighted by Gasteiger charge is 2.34. The van der Waals surface area contributed by atoms with E-state index in [0.29, 0.717) is 19.6 Å². The van der Waals surface area contributed by atoms with Crippen LogP contribution in [0.3, 0.4) is 0 Å². The second kappa shape index (κ2) is 6.83. The fourth-order valence-electron chi connectivity index (χ4n) is 2.88. The van der Waals surface area contributed by atoms with Gasteiger partial charge < -0.3 is 9.64 Å². The summed E-state index contributed by atoms with van der Waals surface area (Å²) in [6.45, 7) is 11.1. The van der Waals surface area contributed by atoms with Gasteiger partial charge in [0.25, 0.3) is 5.56 Å². The van der Waals surface area contributed by atoms with Crippen LogP contribution in [0.25, 0.3) is 10.6 Å². The molecule has 1 amide bonds. The number of hydrogen-bond donors (Lipinski definition) is 0. The molecule has 8 heteroatoms. The molecular formula is C18H24N4O3S. The number of thiazole rings is 1. The molecule has 0 aliphatic carbocycles. The first-order valence-electron chi connectivity index (χ1n) is 8.63. The molecule has 1 aliphatic heterocycles. The number of rotatable bonds is 3. The molecule has 0 aromatic carbocycles. The Morgan fingerprint density at radius 1 is 1.31 bits per heavy atom. The van der Waals surface area contributed by atoms with Crippen LogP contribution in [0, 0.1) is 19.8 Å². The Morgan fingerprint density at radius 3 is 2.58 bits per heavy atom. The lowest BCUT2D eigenvalue weighted by Crippen LogP contribution is -2.53. The van der Waals surface area contributed by atoms with Crippen molar-refractivity contribution < 1.29 is 9.53 Å². The first-order chi connectivity index (χ1) is 12.1. The SMILES string of the molecule is Cc1nc(C)c(-c2ccc(=O)n(CC3CN(C(=O)OC(C)(C)C)C3)n2)s1. The lowest BCUT2D eigenvalue weighted by molar-refractivity contribution is -0.00402. The van der Waals surface area contributed by atoms with E-state index in [0.717, 1.165) is 21.3 Å².